The summed E-state index contributed by atoms with van der Waals surface area (Å²) in [6.45, 7) is 4.27. The highest BCUT2D eigenvalue weighted by molar-refractivity contribution is 5.49. The average molecular weight is 288 g/mol. The molecule has 1 aliphatic carbocycles. The molecule has 0 saturated heterocycles. The van der Waals surface area contributed by atoms with Gasteiger partial charge in [-0.1, -0.05) is 32.1 Å². The summed E-state index contributed by atoms with van der Waals surface area (Å²) in [5.74, 6) is 1.96. The summed E-state index contributed by atoms with van der Waals surface area (Å²) in [6, 6.07) is 4.22. The van der Waals surface area contributed by atoms with Gasteiger partial charge in [-0.25, -0.2) is 0 Å². The van der Waals surface area contributed by atoms with Gasteiger partial charge in [0.15, 0.2) is 0 Å². The van der Waals surface area contributed by atoms with Crippen molar-refractivity contribution in [2.75, 3.05) is 0 Å². The van der Waals surface area contributed by atoms with E-state index in [0.29, 0.717) is 11.7 Å². The molecule has 21 heavy (non-hydrogen) atoms. The predicted molar refractivity (Wildman–Crippen MR) is 86.2 cm³/mol. The monoisotopic (exact) mass is 288 g/mol. The van der Waals surface area contributed by atoms with Crippen LogP contribution in [0.5, 0.6) is 11.5 Å². The molecule has 1 aliphatic heterocycles. The number of rotatable bonds is 1. The number of ether oxygens (including phenoxy) is 1. The van der Waals surface area contributed by atoms with E-state index in [4.69, 9.17) is 4.74 Å². The molecule has 0 aromatic heterocycles. The van der Waals surface area contributed by atoms with Crippen LogP contribution in [0.2, 0.25) is 0 Å². The first-order valence-electron chi connectivity index (χ1n) is 8.60. The Hall–Kier alpha value is -1.18. The van der Waals surface area contributed by atoms with Crippen LogP contribution in [0.25, 0.3) is 0 Å². The zero-order valence-corrected chi connectivity index (χ0v) is 13.5. The molecular weight excluding hydrogens is 260 g/mol. The Balaban J connectivity index is 1.87. The van der Waals surface area contributed by atoms with E-state index in [-0.39, 0.29) is 5.60 Å². The molecule has 0 atom stereocenters. The SMILES string of the molecule is CC1(C)CCc2c(O)cc(C3CCCCCCC3)cc2O1. The van der Waals surface area contributed by atoms with E-state index < -0.39 is 0 Å². The highest BCUT2D eigenvalue weighted by Crippen LogP contribution is 2.42. The van der Waals surface area contributed by atoms with Crippen LogP contribution in [0, 0.1) is 0 Å². The lowest BCUT2D eigenvalue weighted by Gasteiger charge is -2.33. The Morgan fingerprint density at radius 3 is 2.43 bits per heavy atom. The quantitative estimate of drug-likeness (QED) is 0.757. The minimum absolute atomic E-state index is 0.112. The van der Waals surface area contributed by atoms with Crippen molar-refractivity contribution >= 4 is 0 Å². The minimum Gasteiger partial charge on any atom is -0.508 e. The third kappa shape index (κ3) is 3.36. The summed E-state index contributed by atoms with van der Waals surface area (Å²) in [4.78, 5) is 0. The summed E-state index contributed by atoms with van der Waals surface area (Å²) < 4.78 is 6.13. The number of hydrogen-bond donors (Lipinski definition) is 1. The first-order chi connectivity index (χ1) is 10.1. The highest BCUT2D eigenvalue weighted by atomic mass is 16.5. The van der Waals surface area contributed by atoms with Crippen LogP contribution >= 0.6 is 0 Å². The van der Waals surface area contributed by atoms with Crippen LogP contribution in [0.4, 0.5) is 0 Å². The molecule has 1 fully saturated rings. The van der Waals surface area contributed by atoms with Crippen molar-refractivity contribution in [2.24, 2.45) is 0 Å². The third-order valence-electron chi connectivity index (χ3n) is 5.15. The first-order valence-corrected chi connectivity index (χ1v) is 8.60. The maximum absolute atomic E-state index is 10.4. The first kappa shape index (κ1) is 14.7. The van der Waals surface area contributed by atoms with Gasteiger partial charge < -0.3 is 9.84 Å². The van der Waals surface area contributed by atoms with E-state index in [0.717, 1.165) is 24.2 Å². The molecule has 0 unspecified atom stereocenters. The third-order valence-corrected chi connectivity index (χ3v) is 5.15. The number of benzene rings is 1. The van der Waals surface area contributed by atoms with Crippen molar-refractivity contribution in [1.29, 1.82) is 0 Å². The molecule has 0 radical (unpaired) electrons. The largest absolute Gasteiger partial charge is 0.508 e. The van der Waals surface area contributed by atoms with Gasteiger partial charge in [0.25, 0.3) is 0 Å². The summed E-state index contributed by atoms with van der Waals surface area (Å²) in [5, 5.41) is 10.4. The Morgan fingerprint density at radius 1 is 1.05 bits per heavy atom. The zero-order chi connectivity index (χ0) is 14.9. The molecule has 1 aromatic carbocycles. The molecule has 0 amide bonds. The smallest absolute Gasteiger partial charge is 0.127 e. The molecule has 1 aromatic rings. The van der Waals surface area contributed by atoms with Crippen LogP contribution < -0.4 is 4.74 Å². The molecule has 1 saturated carbocycles. The summed E-state index contributed by atoms with van der Waals surface area (Å²) >= 11 is 0. The van der Waals surface area contributed by atoms with Crippen LogP contribution in [0.1, 0.15) is 82.3 Å². The van der Waals surface area contributed by atoms with E-state index in [9.17, 15) is 5.11 Å². The highest BCUT2D eigenvalue weighted by Gasteiger charge is 2.29. The second-order valence-corrected chi connectivity index (χ2v) is 7.42. The Kier molecular flexibility index (Phi) is 4.14. The van der Waals surface area contributed by atoms with Crippen molar-refractivity contribution in [3.63, 3.8) is 0 Å². The zero-order valence-electron chi connectivity index (χ0n) is 13.5. The van der Waals surface area contributed by atoms with Crippen molar-refractivity contribution in [1.82, 2.24) is 0 Å². The molecule has 0 bridgehead atoms. The van der Waals surface area contributed by atoms with E-state index in [1.807, 2.05) is 6.07 Å². The molecule has 1 heterocycles. The van der Waals surface area contributed by atoms with Gasteiger partial charge in [-0.3, -0.25) is 0 Å². The van der Waals surface area contributed by atoms with Crippen LogP contribution in [0.15, 0.2) is 12.1 Å². The summed E-state index contributed by atoms with van der Waals surface area (Å²) in [5.41, 5.74) is 2.17. The lowest BCUT2D eigenvalue weighted by molar-refractivity contribution is 0.0835. The predicted octanol–water partition coefficient (Wildman–Crippen LogP) is 5.32. The van der Waals surface area contributed by atoms with Gasteiger partial charge in [-0.05, 0) is 63.1 Å². The Labute approximate surface area is 128 Å². The molecule has 2 heteroatoms. The number of phenolic OH excluding ortho intramolecular Hbond substituents is 1. The molecule has 2 nitrogen and oxygen atoms in total. The van der Waals surface area contributed by atoms with Gasteiger partial charge in [-0.2, -0.15) is 0 Å². The second-order valence-electron chi connectivity index (χ2n) is 7.42. The lowest BCUT2D eigenvalue weighted by Crippen LogP contribution is -2.32. The van der Waals surface area contributed by atoms with Gasteiger partial charge in [0.1, 0.15) is 17.1 Å². The standard InChI is InChI=1S/C19H28O2/c1-19(2)11-10-16-17(20)12-15(13-18(16)21-19)14-8-6-4-3-5-7-9-14/h12-14,20H,3-11H2,1-2H3. The normalized spacial score (nSPS) is 22.8. The van der Waals surface area contributed by atoms with Crippen molar-refractivity contribution < 1.29 is 9.84 Å². The fourth-order valence-corrected chi connectivity index (χ4v) is 3.79. The molecule has 1 N–H and O–H groups in total. The van der Waals surface area contributed by atoms with Crippen molar-refractivity contribution in [2.45, 2.75) is 83.2 Å². The topological polar surface area (TPSA) is 29.5 Å². The number of phenols is 1. The van der Waals surface area contributed by atoms with Gasteiger partial charge in [-0.15, -0.1) is 0 Å². The minimum atomic E-state index is -0.112. The molecule has 0 spiro atoms. The maximum atomic E-state index is 10.4. The van der Waals surface area contributed by atoms with Crippen LogP contribution in [0.3, 0.4) is 0 Å². The molecule has 116 valence electrons. The van der Waals surface area contributed by atoms with Crippen LogP contribution in [-0.2, 0) is 6.42 Å². The maximum Gasteiger partial charge on any atom is 0.127 e. The summed E-state index contributed by atoms with van der Waals surface area (Å²) in [7, 11) is 0. The van der Waals surface area contributed by atoms with Crippen molar-refractivity contribution in [3.05, 3.63) is 23.3 Å². The van der Waals surface area contributed by atoms with E-state index in [1.54, 1.807) is 0 Å². The van der Waals surface area contributed by atoms with Gasteiger partial charge in [0.05, 0.1) is 0 Å². The number of fused-ring (bicyclic) bond motifs is 1. The Morgan fingerprint density at radius 2 is 1.71 bits per heavy atom. The lowest BCUT2D eigenvalue weighted by atomic mass is 9.84. The Bertz CT molecular complexity index is 497. The molecule has 3 rings (SSSR count). The fourth-order valence-electron chi connectivity index (χ4n) is 3.79. The van der Waals surface area contributed by atoms with Gasteiger partial charge in [0.2, 0.25) is 0 Å². The number of hydrogen-bond acceptors (Lipinski definition) is 2. The average Bonchev–Trinajstić information content (AvgIpc) is 2.36. The van der Waals surface area contributed by atoms with Crippen LogP contribution in [-0.4, -0.2) is 10.7 Å². The molecule has 2 aliphatic rings. The molecular formula is C19H28O2. The summed E-state index contributed by atoms with van der Waals surface area (Å²) in [6.07, 6.45) is 11.1. The van der Waals surface area contributed by atoms with E-state index >= 15 is 0 Å². The van der Waals surface area contributed by atoms with Gasteiger partial charge >= 0.3 is 0 Å². The van der Waals surface area contributed by atoms with E-state index in [1.165, 1.54) is 50.5 Å². The second kappa shape index (κ2) is 5.90. The fraction of sp³-hybridized carbons (Fsp3) is 0.684. The number of aromatic hydroxyl groups is 1. The van der Waals surface area contributed by atoms with E-state index in [2.05, 4.69) is 19.9 Å². The van der Waals surface area contributed by atoms with Gasteiger partial charge in [0, 0.05) is 5.56 Å². The van der Waals surface area contributed by atoms with Crippen molar-refractivity contribution in [3.8, 4) is 11.5 Å².